The molecule has 0 unspecified atom stereocenters. The Labute approximate surface area is 147 Å². The van der Waals surface area contributed by atoms with Crippen LogP contribution in [0.25, 0.3) is 11.0 Å². The first-order valence-corrected chi connectivity index (χ1v) is 9.01. The van der Waals surface area contributed by atoms with E-state index in [2.05, 4.69) is 5.32 Å². The second kappa shape index (κ2) is 7.45. The second-order valence-corrected chi connectivity index (χ2v) is 6.72. The maximum Gasteiger partial charge on any atom is 0.317 e. The Balaban J connectivity index is 1.23. The molecule has 25 heavy (non-hydrogen) atoms. The predicted octanol–water partition coefficient (Wildman–Crippen LogP) is 2.91. The van der Waals surface area contributed by atoms with Gasteiger partial charge in [0.25, 0.3) is 0 Å². The Morgan fingerprint density at radius 3 is 2.80 bits per heavy atom. The van der Waals surface area contributed by atoms with E-state index >= 15 is 0 Å². The van der Waals surface area contributed by atoms with Crippen molar-refractivity contribution in [3.63, 3.8) is 0 Å². The normalized spacial score (nSPS) is 21.8. The van der Waals surface area contributed by atoms with Crippen molar-refractivity contribution in [2.45, 2.75) is 38.0 Å². The number of benzene rings is 1. The van der Waals surface area contributed by atoms with Gasteiger partial charge in [-0.1, -0.05) is 18.2 Å². The summed E-state index contributed by atoms with van der Waals surface area (Å²) in [6.07, 6.45) is 3.23. The fourth-order valence-electron chi connectivity index (χ4n) is 3.49. The lowest BCUT2D eigenvalue weighted by atomic mass is 10.1. The maximum atomic E-state index is 12.4. The van der Waals surface area contributed by atoms with Crippen LogP contribution in [-0.4, -0.2) is 49.4 Å². The van der Waals surface area contributed by atoms with Crippen molar-refractivity contribution in [1.29, 1.82) is 0 Å². The van der Waals surface area contributed by atoms with E-state index in [1.807, 2.05) is 35.2 Å². The Morgan fingerprint density at radius 1 is 1.20 bits per heavy atom. The van der Waals surface area contributed by atoms with Crippen LogP contribution >= 0.6 is 0 Å². The minimum Gasteiger partial charge on any atom is -0.459 e. The van der Waals surface area contributed by atoms with E-state index in [4.69, 9.17) is 13.9 Å². The van der Waals surface area contributed by atoms with E-state index in [9.17, 15) is 4.79 Å². The van der Waals surface area contributed by atoms with Gasteiger partial charge in [0.05, 0.1) is 25.4 Å². The molecule has 1 aromatic carbocycles. The van der Waals surface area contributed by atoms with Crippen LogP contribution in [0.2, 0.25) is 0 Å². The first-order chi connectivity index (χ1) is 12.3. The number of nitrogens with one attached hydrogen (secondary N) is 1. The molecular weight excluding hydrogens is 320 g/mol. The molecule has 3 heterocycles. The quantitative estimate of drug-likeness (QED) is 0.926. The standard InChI is InChI=1S/C19H24N2O4/c22-19(20-12-17-11-14-3-1-2-4-18(14)25-17)21-8-5-15(6-9-21)24-16-7-10-23-13-16/h1-4,11,15-16H,5-10,12-13H2,(H,20,22)/t16-/m1/s1. The van der Waals surface area contributed by atoms with E-state index in [0.717, 1.165) is 55.7 Å². The molecule has 2 amide bonds. The zero-order valence-corrected chi connectivity index (χ0v) is 14.3. The summed E-state index contributed by atoms with van der Waals surface area (Å²) in [5.41, 5.74) is 0.848. The van der Waals surface area contributed by atoms with Gasteiger partial charge in [0, 0.05) is 25.1 Å². The van der Waals surface area contributed by atoms with Gasteiger partial charge in [-0.05, 0) is 31.4 Å². The lowest BCUT2D eigenvalue weighted by Gasteiger charge is -2.33. The minimum atomic E-state index is -0.0388. The van der Waals surface area contributed by atoms with Crippen molar-refractivity contribution >= 4 is 17.0 Å². The molecule has 6 heteroatoms. The van der Waals surface area contributed by atoms with Gasteiger partial charge >= 0.3 is 6.03 Å². The molecule has 2 aliphatic rings. The number of nitrogens with zero attached hydrogens (tertiary/aromatic N) is 1. The number of urea groups is 1. The van der Waals surface area contributed by atoms with Crippen LogP contribution in [0, 0.1) is 0 Å². The van der Waals surface area contributed by atoms with Crippen molar-refractivity contribution in [3.05, 3.63) is 36.1 Å². The zero-order chi connectivity index (χ0) is 17.1. The molecule has 1 aromatic heterocycles. The van der Waals surface area contributed by atoms with E-state index in [-0.39, 0.29) is 18.2 Å². The molecule has 6 nitrogen and oxygen atoms in total. The summed E-state index contributed by atoms with van der Waals surface area (Å²) >= 11 is 0. The third-order valence-corrected chi connectivity index (χ3v) is 4.89. The van der Waals surface area contributed by atoms with Crippen LogP contribution in [0.15, 0.2) is 34.7 Å². The van der Waals surface area contributed by atoms with Crippen molar-refractivity contribution in [3.8, 4) is 0 Å². The van der Waals surface area contributed by atoms with Crippen molar-refractivity contribution < 1.29 is 18.7 Å². The van der Waals surface area contributed by atoms with E-state index in [0.29, 0.717) is 13.2 Å². The molecule has 2 saturated heterocycles. The number of carbonyl (C=O) groups is 1. The summed E-state index contributed by atoms with van der Waals surface area (Å²) in [6.45, 7) is 3.36. The third kappa shape index (κ3) is 3.96. The molecule has 1 N–H and O–H groups in total. The van der Waals surface area contributed by atoms with Gasteiger partial charge in [-0.2, -0.15) is 0 Å². The number of furan rings is 1. The van der Waals surface area contributed by atoms with E-state index in [1.165, 1.54) is 0 Å². The number of piperidine rings is 1. The van der Waals surface area contributed by atoms with Crippen LogP contribution in [-0.2, 0) is 16.0 Å². The minimum absolute atomic E-state index is 0.0388. The average Bonchev–Trinajstić information content (AvgIpc) is 3.29. The number of fused-ring (bicyclic) bond motifs is 1. The number of likely N-dealkylation sites (tertiary alicyclic amines) is 1. The lowest BCUT2D eigenvalue weighted by Crippen LogP contribution is -2.46. The van der Waals surface area contributed by atoms with Crippen LogP contribution in [0.3, 0.4) is 0 Å². The van der Waals surface area contributed by atoms with Gasteiger partial charge in [-0.25, -0.2) is 4.79 Å². The molecular formula is C19H24N2O4. The van der Waals surface area contributed by atoms with Crippen LogP contribution in [0.1, 0.15) is 25.0 Å². The Morgan fingerprint density at radius 2 is 2.04 bits per heavy atom. The summed E-state index contributed by atoms with van der Waals surface area (Å²) in [7, 11) is 0. The van der Waals surface area contributed by atoms with Gasteiger partial charge in [0.1, 0.15) is 11.3 Å². The molecule has 0 aliphatic carbocycles. The molecule has 1 atom stereocenters. The van der Waals surface area contributed by atoms with Crippen LogP contribution < -0.4 is 5.32 Å². The summed E-state index contributed by atoms with van der Waals surface area (Å²) in [4.78, 5) is 14.2. The molecule has 0 bridgehead atoms. The molecule has 0 spiro atoms. The van der Waals surface area contributed by atoms with Gasteiger partial charge in [-0.15, -0.1) is 0 Å². The first kappa shape index (κ1) is 16.4. The fourth-order valence-corrected chi connectivity index (χ4v) is 3.49. The van der Waals surface area contributed by atoms with Crippen LogP contribution in [0.4, 0.5) is 4.79 Å². The number of ether oxygens (including phenoxy) is 2. The summed E-state index contributed by atoms with van der Waals surface area (Å²) in [5, 5.41) is 4.01. The highest BCUT2D eigenvalue weighted by atomic mass is 16.5. The van der Waals surface area contributed by atoms with Crippen molar-refractivity contribution in [2.24, 2.45) is 0 Å². The number of para-hydroxylation sites is 1. The molecule has 4 rings (SSSR count). The van der Waals surface area contributed by atoms with Crippen molar-refractivity contribution in [1.82, 2.24) is 10.2 Å². The van der Waals surface area contributed by atoms with Gasteiger partial charge in [0.15, 0.2) is 0 Å². The molecule has 0 radical (unpaired) electrons. The third-order valence-electron chi connectivity index (χ3n) is 4.89. The number of hydrogen-bond acceptors (Lipinski definition) is 4. The number of amides is 2. The van der Waals surface area contributed by atoms with Crippen molar-refractivity contribution in [2.75, 3.05) is 26.3 Å². The van der Waals surface area contributed by atoms with Gasteiger partial charge in [0.2, 0.25) is 0 Å². The van der Waals surface area contributed by atoms with Gasteiger partial charge in [-0.3, -0.25) is 0 Å². The Bertz CT molecular complexity index is 682. The summed E-state index contributed by atoms with van der Waals surface area (Å²) in [5.74, 6) is 0.772. The second-order valence-electron chi connectivity index (χ2n) is 6.72. The monoisotopic (exact) mass is 344 g/mol. The topological polar surface area (TPSA) is 63.9 Å². The van der Waals surface area contributed by atoms with Gasteiger partial charge < -0.3 is 24.1 Å². The molecule has 0 saturated carbocycles. The maximum absolute atomic E-state index is 12.4. The Kier molecular flexibility index (Phi) is 4.90. The Hall–Kier alpha value is -2.05. The molecule has 134 valence electrons. The van der Waals surface area contributed by atoms with E-state index in [1.54, 1.807) is 0 Å². The SMILES string of the molecule is O=C(NCc1cc2ccccc2o1)N1CCC(O[C@@H]2CCOC2)CC1. The predicted molar refractivity (Wildman–Crippen MR) is 93.4 cm³/mol. The zero-order valence-electron chi connectivity index (χ0n) is 14.3. The molecule has 2 aromatic rings. The smallest absolute Gasteiger partial charge is 0.317 e. The highest BCUT2D eigenvalue weighted by Gasteiger charge is 2.27. The first-order valence-electron chi connectivity index (χ1n) is 9.01. The number of rotatable bonds is 4. The summed E-state index contributed by atoms with van der Waals surface area (Å²) in [6, 6.07) is 9.79. The largest absolute Gasteiger partial charge is 0.459 e. The highest BCUT2D eigenvalue weighted by Crippen LogP contribution is 2.20. The van der Waals surface area contributed by atoms with E-state index < -0.39 is 0 Å². The summed E-state index contributed by atoms with van der Waals surface area (Å²) < 4.78 is 17.1. The molecule has 2 fully saturated rings. The van der Waals surface area contributed by atoms with Crippen LogP contribution in [0.5, 0.6) is 0 Å². The highest BCUT2D eigenvalue weighted by molar-refractivity contribution is 5.78. The lowest BCUT2D eigenvalue weighted by molar-refractivity contribution is -0.0392. The fraction of sp³-hybridized carbons (Fsp3) is 0.526. The number of carbonyl (C=O) groups excluding carboxylic acids is 1. The molecule has 2 aliphatic heterocycles. The average molecular weight is 344 g/mol. The number of hydrogen-bond donors (Lipinski definition) is 1.